The van der Waals surface area contributed by atoms with Crippen LogP contribution in [0.5, 0.6) is 0 Å². The highest BCUT2D eigenvalue weighted by atomic mass is 16.5. The van der Waals surface area contributed by atoms with Gasteiger partial charge in [0.1, 0.15) is 6.23 Å². The molecule has 4 heteroatoms. The number of nitrogens with two attached hydrogens (primary N) is 1. The van der Waals surface area contributed by atoms with E-state index in [1.54, 1.807) is 0 Å². The molecule has 2 aliphatic rings. The van der Waals surface area contributed by atoms with Crippen molar-refractivity contribution in [2.24, 2.45) is 0 Å². The van der Waals surface area contributed by atoms with Crippen LogP contribution in [-0.4, -0.2) is 19.0 Å². The lowest BCUT2D eigenvalue weighted by Crippen LogP contribution is -2.27. The maximum absolute atomic E-state index is 7.70. The first-order chi connectivity index (χ1) is 9.29. The van der Waals surface area contributed by atoms with Gasteiger partial charge in [-0.1, -0.05) is 0 Å². The van der Waals surface area contributed by atoms with E-state index in [4.69, 9.17) is 15.9 Å². The molecule has 1 aliphatic carbocycles. The molecule has 0 aromatic heterocycles. The summed E-state index contributed by atoms with van der Waals surface area (Å²) >= 11 is 0. The van der Waals surface area contributed by atoms with Crippen molar-refractivity contribution in [2.45, 2.75) is 44.2 Å². The van der Waals surface area contributed by atoms with E-state index < -0.39 is 0 Å². The Morgan fingerprint density at radius 1 is 1.26 bits per heavy atom. The van der Waals surface area contributed by atoms with Crippen molar-refractivity contribution in [3.05, 3.63) is 23.3 Å². The van der Waals surface area contributed by atoms with E-state index in [0.29, 0.717) is 5.92 Å². The number of rotatable bonds is 4. The SMILES string of the molecule is N=Cc1c(NC2CCCCO2)ccc(N)c1C1CC1. The molecule has 4 N–H and O–H groups in total. The smallest absolute Gasteiger partial charge is 0.127 e. The molecule has 102 valence electrons. The average Bonchev–Trinajstić information content (AvgIpc) is 3.26. The highest BCUT2D eigenvalue weighted by Crippen LogP contribution is 2.45. The molecule has 3 rings (SSSR count). The molecule has 1 aromatic rings. The largest absolute Gasteiger partial charge is 0.398 e. The lowest BCUT2D eigenvalue weighted by molar-refractivity contribution is 0.0343. The summed E-state index contributed by atoms with van der Waals surface area (Å²) in [6.45, 7) is 0.821. The van der Waals surface area contributed by atoms with Gasteiger partial charge < -0.3 is 21.2 Å². The van der Waals surface area contributed by atoms with Crippen LogP contribution in [0.4, 0.5) is 11.4 Å². The summed E-state index contributed by atoms with van der Waals surface area (Å²) in [5.41, 5.74) is 9.97. The molecule has 0 bridgehead atoms. The first-order valence-corrected chi connectivity index (χ1v) is 7.10. The van der Waals surface area contributed by atoms with Crippen LogP contribution in [-0.2, 0) is 4.74 Å². The molecule has 0 radical (unpaired) electrons. The number of nitrogens with one attached hydrogen (secondary N) is 2. The minimum absolute atomic E-state index is 0.0723. The third-order valence-electron chi connectivity index (χ3n) is 3.95. The Hall–Kier alpha value is -1.55. The summed E-state index contributed by atoms with van der Waals surface area (Å²) in [5.74, 6) is 0.547. The molecule has 0 amide bonds. The quantitative estimate of drug-likeness (QED) is 0.575. The van der Waals surface area contributed by atoms with Crippen LogP contribution in [0, 0.1) is 5.41 Å². The second-order valence-electron chi connectivity index (χ2n) is 5.45. The number of benzene rings is 1. The van der Waals surface area contributed by atoms with Gasteiger partial charge in [-0.15, -0.1) is 0 Å². The summed E-state index contributed by atoms with van der Waals surface area (Å²) in [5, 5.41) is 11.1. The Morgan fingerprint density at radius 3 is 2.74 bits per heavy atom. The topological polar surface area (TPSA) is 71.1 Å². The molecule has 2 fully saturated rings. The van der Waals surface area contributed by atoms with Crippen molar-refractivity contribution in [2.75, 3.05) is 17.7 Å². The van der Waals surface area contributed by atoms with Gasteiger partial charge >= 0.3 is 0 Å². The van der Waals surface area contributed by atoms with Gasteiger partial charge in [0.25, 0.3) is 0 Å². The van der Waals surface area contributed by atoms with E-state index >= 15 is 0 Å². The highest BCUT2D eigenvalue weighted by molar-refractivity contribution is 5.91. The zero-order chi connectivity index (χ0) is 13.2. The predicted octanol–water partition coefficient (Wildman–Crippen LogP) is 3.08. The molecular weight excluding hydrogens is 238 g/mol. The summed E-state index contributed by atoms with van der Waals surface area (Å²) in [4.78, 5) is 0. The Morgan fingerprint density at radius 2 is 2.11 bits per heavy atom. The molecule has 1 saturated heterocycles. The van der Waals surface area contributed by atoms with Crippen molar-refractivity contribution in [3.8, 4) is 0 Å². The first-order valence-electron chi connectivity index (χ1n) is 7.10. The van der Waals surface area contributed by atoms with Crippen molar-refractivity contribution >= 4 is 17.6 Å². The van der Waals surface area contributed by atoms with Crippen LogP contribution in [0.1, 0.15) is 49.1 Å². The Bertz CT molecular complexity index is 477. The fraction of sp³-hybridized carbons (Fsp3) is 0.533. The minimum atomic E-state index is 0.0723. The van der Waals surface area contributed by atoms with Crippen LogP contribution in [0.15, 0.2) is 12.1 Å². The van der Waals surface area contributed by atoms with Crippen molar-refractivity contribution < 1.29 is 4.74 Å². The first kappa shape index (κ1) is 12.5. The number of ether oxygens (including phenoxy) is 1. The maximum Gasteiger partial charge on any atom is 0.127 e. The Kier molecular flexibility index (Phi) is 3.42. The van der Waals surface area contributed by atoms with Gasteiger partial charge in [0, 0.05) is 29.8 Å². The van der Waals surface area contributed by atoms with E-state index in [-0.39, 0.29) is 6.23 Å². The molecule has 1 aromatic carbocycles. The number of hydrogen-bond acceptors (Lipinski definition) is 4. The lowest BCUT2D eigenvalue weighted by Gasteiger charge is -2.26. The van der Waals surface area contributed by atoms with E-state index in [0.717, 1.165) is 42.0 Å². The molecule has 1 heterocycles. The zero-order valence-electron chi connectivity index (χ0n) is 11.1. The van der Waals surface area contributed by atoms with Gasteiger partial charge in [-0.3, -0.25) is 0 Å². The maximum atomic E-state index is 7.70. The molecule has 1 atom stereocenters. The number of hydrogen-bond donors (Lipinski definition) is 3. The van der Waals surface area contributed by atoms with Gasteiger partial charge in [-0.2, -0.15) is 0 Å². The van der Waals surface area contributed by atoms with Gasteiger partial charge in [-0.25, -0.2) is 0 Å². The Balaban J connectivity index is 1.87. The molecule has 1 unspecified atom stereocenters. The third-order valence-corrected chi connectivity index (χ3v) is 3.95. The van der Waals surface area contributed by atoms with Crippen molar-refractivity contribution in [1.29, 1.82) is 5.41 Å². The molecule has 4 nitrogen and oxygen atoms in total. The van der Waals surface area contributed by atoms with Crippen LogP contribution in [0.3, 0.4) is 0 Å². The lowest BCUT2D eigenvalue weighted by atomic mass is 9.99. The monoisotopic (exact) mass is 259 g/mol. The van der Waals surface area contributed by atoms with Crippen LogP contribution in [0.25, 0.3) is 0 Å². The van der Waals surface area contributed by atoms with Gasteiger partial charge in [0.2, 0.25) is 0 Å². The molecular formula is C15H21N3O. The highest BCUT2D eigenvalue weighted by Gasteiger charge is 2.29. The van der Waals surface area contributed by atoms with Crippen LogP contribution < -0.4 is 11.1 Å². The van der Waals surface area contributed by atoms with Gasteiger partial charge in [-0.05, 0) is 55.7 Å². The van der Waals surface area contributed by atoms with E-state index in [2.05, 4.69) is 5.32 Å². The summed E-state index contributed by atoms with van der Waals surface area (Å²) in [6.07, 6.45) is 7.24. The molecule has 19 heavy (non-hydrogen) atoms. The number of nitrogen functional groups attached to an aromatic ring is 1. The van der Waals surface area contributed by atoms with Crippen molar-refractivity contribution in [1.82, 2.24) is 0 Å². The zero-order valence-corrected chi connectivity index (χ0v) is 11.1. The van der Waals surface area contributed by atoms with E-state index in [9.17, 15) is 0 Å². The summed E-state index contributed by atoms with van der Waals surface area (Å²) in [6, 6.07) is 3.92. The van der Waals surface area contributed by atoms with E-state index in [1.807, 2.05) is 12.1 Å². The Labute approximate surface area is 113 Å². The average molecular weight is 259 g/mol. The normalized spacial score (nSPS) is 23.1. The second-order valence-corrected chi connectivity index (χ2v) is 5.45. The van der Waals surface area contributed by atoms with Crippen LogP contribution >= 0.6 is 0 Å². The molecule has 0 spiro atoms. The number of anilines is 2. The third kappa shape index (κ3) is 2.59. The predicted molar refractivity (Wildman–Crippen MR) is 77.9 cm³/mol. The summed E-state index contributed by atoms with van der Waals surface area (Å²) in [7, 11) is 0. The fourth-order valence-electron chi connectivity index (χ4n) is 2.79. The molecule has 1 saturated carbocycles. The fourth-order valence-corrected chi connectivity index (χ4v) is 2.79. The second kappa shape index (κ2) is 5.21. The molecule has 1 aliphatic heterocycles. The van der Waals surface area contributed by atoms with Gasteiger partial charge in [0.05, 0.1) is 0 Å². The van der Waals surface area contributed by atoms with Crippen LogP contribution in [0.2, 0.25) is 0 Å². The summed E-state index contributed by atoms with van der Waals surface area (Å²) < 4.78 is 5.71. The van der Waals surface area contributed by atoms with Crippen molar-refractivity contribution in [3.63, 3.8) is 0 Å². The minimum Gasteiger partial charge on any atom is -0.398 e. The standard InChI is InChI=1S/C15H21N3O/c16-9-11-13(18-14-3-1-2-8-19-14)7-6-12(17)15(11)10-4-5-10/h6-7,9-10,14,16,18H,1-5,8,17H2. The van der Waals surface area contributed by atoms with E-state index in [1.165, 1.54) is 25.5 Å². The van der Waals surface area contributed by atoms with Gasteiger partial charge in [0.15, 0.2) is 0 Å².